The fourth-order valence-electron chi connectivity index (χ4n) is 2.09. The van der Waals surface area contributed by atoms with E-state index in [1.165, 1.54) is 12.1 Å². The van der Waals surface area contributed by atoms with E-state index < -0.39 is 0 Å². The van der Waals surface area contributed by atoms with Gasteiger partial charge >= 0.3 is 0 Å². The number of aliphatic imine (C=N–C) groups is 1. The van der Waals surface area contributed by atoms with Crippen LogP contribution >= 0.6 is 0 Å². The van der Waals surface area contributed by atoms with Gasteiger partial charge in [-0.3, -0.25) is 4.99 Å². The summed E-state index contributed by atoms with van der Waals surface area (Å²) < 4.78 is 24.4. The van der Waals surface area contributed by atoms with Gasteiger partial charge in [0.1, 0.15) is 19.0 Å². The van der Waals surface area contributed by atoms with E-state index in [9.17, 15) is 4.39 Å². The fourth-order valence-corrected chi connectivity index (χ4v) is 2.09. The maximum Gasteiger partial charge on any atom is 0.170 e. The van der Waals surface area contributed by atoms with Gasteiger partial charge in [0, 0.05) is 23.9 Å². The first kappa shape index (κ1) is 12.9. The zero-order chi connectivity index (χ0) is 13.0. The number of halogens is 1. The second kappa shape index (κ2) is 5.85. The molecular formula is C14H18FNO2. The topological polar surface area (TPSA) is 30.8 Å². The van der Waals surface area contributed by atoms with Gasteiger partial charge in [-0.1, -0.05) is 13.8 Å². The van der Waals surface area contributed by atoms with Crippen molar-refractivity contribution in [2.75, 3.05) is 19.8 Å². The van der Waals surface area contributed by atoms with E-state index in [1.54, 1.807) is 0 Å². The summed E-state index contributed by atoms with van der Waals surface area (Å²) in [6, 6.07) is 2.85. The summed E-state index contributed by atoms with van der Waals surface area (Å²) in [7, 11) is 0. The average molecular weight is 251 g/mol. The zero-order valence-corrected chi connectivity index (χ0v) is 10.8. The molecule has 0 amide bonds. The monoisotopic (exact) mass is 251 g/mol. The molecule has 0 unspecified atom stereocenters. The molecule has 98 valence electrons. The van der Waals surface area contributed by atoms with Crippen LogP contribution in [0.3, 0.4) is 0 Å². The quantitative estimate of drug-likeness (QED) is 0.767. The molecule has 0 radical (unpaired) electrons. The van der Waals surface area contributed by atoms with Crippen molar-refractivity contribution >= 4 is 5.71 Å². The van der Waals surface area contributed by atoms with Gasteiger partial charge in [0.25, 0.3) is 0 Å². The Morgan fingerprint density at radius 3 is 2.67 bits per heavy atom. The minimum absolute atomic E-state index is 0.297. The lowest BCUT2D eigenvalue weighted by atomic mass is 10.1. The summed E-state index contributed by atoms with van der Waals surface area (Å²) in [4.78, 5) is 4.37. The molecule has 0 saturated heterocycles. The van der Waals surface area contributed by atoms with Crippen LogP contribution in [0.4, 0.5) is 4.39 Å². The molecule has 0 bridgehead atoms. The molecule has 2 heterocycles. The van der Waals surface area contributed by atoms with Crippen molar-refractivity contribution < 1.29 is 13.9 Å². The van der Waals surface area contributed by atoms with Crippen LogP contribution in [0, 0.1) is 5.82 Å². The number of fused-ring (bicyclic) bond motifs is 1. The Balaban J connectivity index is 0.000000574. The van der Waals surface area contributed by atoms with E-state index in [-0.39, 0.29) is 5.82 Å². The summed E-state index contributed by atoms with van der Waals surface area (Å²) in [6.45, 7) is 5.81. The fraction of sp³-hybridized carbons (Fsp3) is 0.500. The first-order chi connectivity index (χ1) is 8.84. The second-order valence-corrected chi connectivity index (χ2v) is 3.91. The molecular weight excluding hydrogens is 233 g/mol. The summed E-state index contributed by atoms with van der Waals surface area (Å²) in [6.07, 6.45) is 1.92. The van der Waals surface area contributed by atoms with Gasteiger partial charge < -0.3 is 9.47 Å². The third-order valence-corrected chi connectivity index (χ3v) is 2.79. The third kappa shape index (κ3) is 2.47. The van der Waals surface area contributed by atoms with Gasteiger partial charge in [-0.25, -0.2) is 4.39 Å². The predicted octanol–water partition coefficient (Wildman–Crippen LogP) is 3.21. The molecule has 0 aromatic heterocycles. The predicted molar refractivity (Wildman–Crippen MR) is 69.4 cm³/mol. The van der Waals surface area contributed by atoms with Crippen molar-refractivity contribution in [3.8, 4) is 11.5 Å². The Hall–Kier alpha value is -1.58. The van der Waals surface area contributed by atoms with Crippen molar-refractivity contribution in [1.82, 2.24) is 0 Å². The maximum atomic E-state index is 13.4. The second-order valence-electron chi connectivity index (χ2n) is 3.91. The summed E-state index contributed by atoms with van der Waals surface area (Å²) in [5.74, 6) is 0.845. The molecule has 0 saturated carbocycles. The molecule has 0 fully saturated rings. The van der Waals surface area contributed by atoms with E-state index in [4.69, 9.17) is 9.47 Å². The molecule has 2 aliphatic rings. The SMILES string of the molecule is CC.Fc1cc2c(c(C3=NCCC3)c1)OCCO2. The number of rotatable bonds is 1. The van der Waals surface area contributed by atoms with Gasteiger partial charge in [-0.2, -0.15) is 0 Å². The Bertz CT molecular complexity index is 457. The first-order valence-electron chi connectivity index (χ1n) is 6.47. The number of nitrogens with zero attached hydrogens (tertiary/aromatic N) is 1. The van der Waals surface area contributed by atoms with Crippen LogP contribution in [0.5, 0.6) is 11.5 Å². The van der Waals surface area contributed by atoms with E-state index in [2.05, 4.69) is 4.99 Å². The normalized spacial score (nSPS) is 16.7. The van der Waals surface area contributed by atoms with E-state index in [0.29, 0.717) is 24.7 Å². The van der Waals surface area contributed by atoms with Crippen LogP contribution in [-0.4, -0.2) is 25.5 Å². The lowest BCUT2D eigenvalue weighted by Gasteiger charge is -2.21. The molecule has 0 N–H and O–H groups in total. The molecule has 18 heavy (non-hydrogen) atoms. The average Bonchev–Trinajstić information content (AvgIpc) is 2.94. The molecule has 0 atom stereocenters. The van der Waals surface area contributed by atoms with Gasteiger partial charge in [0.2, 0.25) is 0 Å². The molecule has 3 nitrogen and oxygen atoms in total. The Morgan fingerprint density at radius 2 is 1.94 bits per heavy atom. The zero-order valence-electron chi connectivity index (χ0n) is 10.8. The smallest absolute Gasteiger partial charge is 0.170 e. The number of hydrogen-bond acceptors (Lipinski definition) is 3. The van der Waals surface area contributed by atoms with E-state index in [0.717, 1.165) is 30.7 Å². The highest BCUT2D eigenvalue weighted by molar-refractivity contribution is 6.04. The van der Waals surface area contributed by atoms with Crippen LogP contribution in [0.15, 0.2) is 17.1 Å². The molecule has 4 heteroatoms. The Labute approximate surface area is 107 Å². The molecule has 1 aromatic rings. The van der Waals surface area contributed by atoms with Crippen molar-refractivity contribution in [3.05, 3.63) is 23.5 Å². The lowest BCUT2D eigenvalue weighted by Crippen LogP contribution is -2.18. The molecule has 0 aliphatic carbocycles. The highest BCUT2D eigenvalue weighted by Gasteiger charge is 2.22. The van der Waals surface area contributed by atoms with Crippen LogP contribution in [-0.2, 0) is 0 Å². The maximum absolute atomic E-state index is 13.4. The van der Waals surface area contributed by atoms with Crippen LogP contribution in [0.2, 0.25) is 0 Å². The number of hydrogen-bond donors (Lipinski definition) is 0. The van der Waals surface area contributed by atoms with Crippen molar-refractivity contribution in [1.29, 1.82) is 0 Å². The number of ether oxygens (including phenoxy) is 2. The molecule has 0 spiro atoms. The summed E-state index contributed by atoms with van der Waals surface area (Å²) in [5.41, 5.74) is 1.69. The summed E-state index contributed by atoms with van der Waals surface area (Å²) >= 11 is 0. The van der Waals surface area contributed by atoms with Gasteiger partial charge in [-0.05, 0) is 18.9 Å². The van der Waals surface area contributed by atoms with E-state index >= 15 is 0 Å². The Morgan fingerprint density at radius 1 is 1.17 bits per heavy atom. The largest absolute Gasteiger partial charge is 0.486 e. The molecule has 1 aromatic carbocycles. The molecule has 3 rings (SSSR count). The number of benzene rings is 1. The standard InChI is InChI=1S/C12H12FNO2.C2H6/c13-8-6-9(10-2-1-3-14-10)12-11(7-8)15-4-5-16-12;1-2/h6-7H,1-5H2;1-2H3. The van der Waals surface area contributed by atoms with Crippen LogP contribution in [0.25, 0.3) is 0 Å². The van der Waals surface area contributed by atoms with Crippen molar-refractivity contribution in [2.24, 2.45) is 4.99 Å². The summed E-state index contributed by atoms with van der Waals surface area (Å²) in [5, 5.41) is 0. The van der Waals surface area contributed by atoms with Gasteiger partial charge in [0.15, 0.2) is 11.5 Å². The molecule has 2 aliphatic heterocycles. The Kier molecular flexibility index (Phi) is 4.18. The first-order valence-corrected chi connectivity index (χ1v) is 6.47. The van der Waals surface area contributed by atoms with Gasteiger partial charge in [0.05, 0.1) is 0 Å². The minimum Gasteiger partial charge on any atom is -0.486 e. The van der Waals surface area contributed by atoms with Crippen molar-refractivity contribution in [3.63, 3.8) is 0 Å². The van der Waals surface area contributed by atoms with Crippen LogP contribution in [0.1, 0.15) is 32.3 Å². The third-order valence-electron chi connectivity index (χ3n) is 2.79. The highest BCUT2D eigenvalue weighted by Crippen LogP contribution is 2.36. The van der Waals surface area contributed by atoms with E-state index in [1.807, 2.05) is 13.8 Å². The minimum atomic E-state index is -0.297. The van der Waals surface area contributed by atoms with Crippen LogP contribution < -0.4 is 9.47 Å². The lowest BCUT2D eigenvalue weighted by molar-refractivity contribution is 0.170. The highest BCUT2D eigenvalue weighted by atomic mass is 19.1. The van der Waals surface area contributed by atoms with Crippen molar-refractivity contribution in [2.45, 2.75) is 26.7 Å². The van der Waals surface area contributed by atoms with Gasteiger partial charge in [-0.15, -0.1) is 0 Å².